The number of esters is 2. The number of methoxy groups -OCH3 is 1. The summed E-state index contributed by atoms with van der Waals surface area (Å²) in [5.74, 6) is -0.559. The van der Waals surface area contributed by atoms with Gasteiger partial charge in [0.25, 0.3) is 5.82 Å². The number of nitrogens with two attached hydrogens (primary N) is 1. The predicted molar refractivity (Wildman–Crippen MR) is 59.0 cm³/mol. The van der Waals surface area contributed by atoms with Gasteiger partial charge in [-0.25, -0.2) is 14.2 Å². The number of ether oxygens (including phenoxy) is 2. The van der Waals surface area contributed by atoms with Gasteiger partial charge in [-0.3, -0.25) is 5.73 Å². The van der Waals surface area contributed by atoms with Crippen molar-refractivity contribution in [2.75, 3.05) is 19.5 Å². The Morgan fingerprint density at radius 2 is 2.11 bits per heavy atom. The minimum absolute atomic E-state index is 0. The fourth-order valence-electron chi connectivity index (χ4n) is 1.28. The Balaban J connectivity index is 0.00000289. The fraction of sp³-hybridized carbons (Fsp3) is 0.364. The van der Waals surface area contributed by atoms with Crippen LogP contribution in [0, 0.1) is 0 Å². The number of carbonyl (C=O) groups is 2. The third-order valence-corrected chi connectivity index (χ3v) is 2.09. The second-order valence-corrected chi connectivity index (χ2v) is 3.26. The van der Waals surface area contributed by atoms with E-state index >= 15 is 0 Å². The molecule has 0 aromatic carbocycles. The van der Waals surface area contributed by atoms with Gasteiger partial charge < -0.3 is 26.5 Å². The van der Waals surface area contributed by atoms with Crippen molar-refractivity contribution in [2.24, 2.45) is 0 Å². The van der Waals surface area contributed by atoms with Gasteiger partial charge in [0.2, 0.25) is 0 Å². The highest BCUT2D eigenvalue weighted by Crippen LogP contribution is 2.03. The number of pyridine rings is 1. The number of anilines is 1. The Kier molecular flexibility index (Phi) is 6.96. The first-order chi connectivity index (χ1) is 8.08. The fourth-order valence-corrected chi connectivity index (χ4v) is 1.28. The Labute approximate surface area is 115 Å². The molecule has 0 spiro atoms. The largest absolute Gasteiger partial charge is 1.00 e. The SMILES string of the molecule is CCOC(=O)C[n+]1ccc(C(=O)OC)cc1N.[Br-]. The van der Waals surface area contributed by atoms with E-state index in [2.05, 4.69) is 4.74 Å². The predicted octanol–water partition coefficient (Wildman–Crippen LogP) is -3.09. The molecule has 100 valence electrons. The van der Waals surface area contributed by atoms with E-state index in [1.165, 1.54) is 23.8 Å². The van der Waals surface area contributed by atoms with E-state index < -0.39 is 5.97 Å². The molecule has 0 amide bonds. The standard InChI is InChI=1S/C11H14N2O4.BrH/c1-3-17-10(14)7-13-5-4-8(6-9(13)12)11(15)16-2;/h4-6,12H,3,7H2,1-2H3;1H. The zero-order chi connectivity index (χ0) is 12.8. The first-order valence-electron chi connectivity index (χ1n) is 5.11. The van der Waals surface area contributed by atoms with Crippen LogP contribution < -0.4 is 27.3 Å². The summed E-state index contributed by atoms with van der Waals surface area (Å²) in [7, 11) is 1.29. The lowest BCUT2D eigenvalue weighted by Gasteiger charge is -2.04. The summed E-state index contributed by atoms with van der Waals surface area (Å²) in [6.07, 6.45) is 1.54. The van der Waals surface area contributed by atoms with E-state index in [1.54, 1.807) is 13.1 Å². The van der Waals surface area contributed by atoms with Crippen LogP contribution in [0.25, 0.3) is 0 Å². The molecule has 2 N–H and O–H groups in total. The molecule has 0 aliphatic carbocycles. The third kappa shape index (κ3) is 4.33. The maximum absolute atomic E-state index is 11.2. The van der Waals surface area contributed by atoms with Gasteiger partial charge in [-0.1, -0.05) is 0 Å². The van der Waals surface area contributed by atoms with Crippen LogP contribution in [0.2, 0.25) is 0 Å². The zero-order valence-corrected chi connectivity index (χ0v) is 11.8. The van der Waals surface area contributed by atoms with Crippen LogP contribution in [-0.2, 0) is 20.8 Å². The minimum Gasteiger partial charge on any atom is -1.00 e. The molecule has 0 atom stereocenters. The van der Waals surface area contributed by atoms with E-state index in [1.807, 2.05) is 0 Å². The number of carbonyl (C=O) groups excluding carboxylic acids is 2. The molecule has 0 aliphatic rings. The second kappa shape index (κ2) is 7.65. The lowest BCUT2D eigenvalue weighted by atomic mass is 10.2. The van der Waals surface area contributed by atoms with Crippen LogP contribution in [0.5, 0.6) is 0 Å². The molecule has 6 nitrogen and oxygen atoms in total. The normalized spacial score (nSPS) is 9.22. The van der Waals surface area contributed by atoms with E-state index in [4.69, 9.17) is 10.5 Å². The number of aromatic nitrogens is 1. The number of nitrogens with zero attached hydrogens (tertiary/aromatic N) is 1. The summed E-state index contributed by atoms with van der Waals surface area (Å²) in [6.45, 7) is 2.06. The molecule has 18 heavy (non-hydrogen) atoms. The van der Waals surface area contributed by atoms with Gasteiger partial charge in [0.1, 0.15) is 0 Å². The second-order valence-electron chi connectivity index (χ2n) is 3.26. The van der Waals surface area contributed by atoms with Crippen LogP contribution in [-0.4, -0.2) is 25.7 Å². The first-order valence-corrected chi connectivity index (χ1v) is 5.11. The summed E-state index contributed by atoms with van der Waals surface area (Å²) in [5, 5.41) is 0. The van der Waals surface area contributed by atoms with Crippen LogP contribution in [0.3, 0.4) is 0 Å². The van der Waals surface area contributed by atoms with Crippen LogP contribution in [0.1, 0.15) is 17.3 Å². The number of hydrogen-bond donors (Lipinski definition) is 1. The van der Waals surface area contributed by atoms with Crippen molar-refractivity contribution < 1.29 is 40.6 Å². The Morgan fingerprint density at radius 3 is 2.61 bits per heavy atom. The molecular weight excluding hydrogens is 304 g/mol. The van der Waals surface area contributed by atoms with E-state index in [9.17, 15) is 9.59 Å². The molecule has 1 aromatic heterocycles. The lowest BCUT2D eigenvalue weighted by Crippen LogP contribution is -3.00. The molecular formula is C11H15BrN2O4. The van der Waals surface area contributed by atoms with Gasteiger partial charge in [0.15, 0.2) is 6.54 Å². The number of rotatable bonds is 4. The van der Waals surface area contributed by atoms with Crippen molar-refractivity contribution in [3.63, 3.8) is 0 Å². The van der Waals surface area contributed by atoms with Crippen molar-refractivity contribution in [1.82, 2.24) is 0 Å². The minimum atomic E-state index is -0.472. The van der Waals surface area contributed by atoms with Crippen molar-refractivity contribution in [3.05, 3.63) is 23.9 Å². The molecule has 0 saturated carbocycles. The summed E-state index contributed by atoms with van der Waals surface area (Å²) in [6, 6.07) is 2.98. The van der Waals surface area contributed by atoms with Crippen molar-refractivity contribution >= 4 is 17.8 Å². The smallest absolute Gasteiger partial charge is 0.348 e. The summed E-state index contributed by atoms with van der Waals surface area (Å²) in [5.41, 5.74) is 6.04. The number of halogens is 1. The Hall–Kier alpha value is -1.63. The molecule has 1 rings (SSSR count). The first kappa shape index (κ1) is 16.4. The molecule has 0 unspecified atom stereocenters. The average molecular weight is 319 g/mol. The average Bonchev–Trinajstić information content (AvgIpc) is 2.31. The topological polar surface area (TPSA) is 82.5 Å². The van der Waals surface area contributed by atoms with Gasteiger partial charge in [0.05, 0.1) is 25.5 Å². The summed E-state index contributed by atoms with van der Waals surface area (Å²) < 4.78 is 10.8. The van der Waals surface area contributed by atoms with E-state index in [0.717, 1.165) is 0 Å². The zero-order valence-electron chi connectivity index (χ0n) is 10.2. The van der Waals surface area contributed by atoms with Gasteiger partial charge in [-0.2, -0.15) is 0 Å². The molecule has 1 heterocycles. The van der Waals surface area contributed by atoms with Crippen molar-refractivity contribution in [1.29, 1.82) is 0 Å². The van der Waals surface area contributed by atoms with Gasteiger partial charge in [-0.05, 0) is 13.0 Å². The third-order valence-electron chi connectivity index (χ3n) is 2.09. The van der Waals surface area contributed by atoms with E-state index in [0.29, 0.717) is 18.0 Å². The summed E-state index contributed by atoms with van der Waals surface area (Å²) >= 11 is 0. The van der Waals surface area contributed by atoms with E-state index in [-0.39, 0.29) is 29.5 Å². The lowest BCUT2D eigenvalue weighted by molar-refractivity contribution is -0.671. The molecule has 1 aromatic rings. The quantitative estimate of drug-likeness (QED) is 0.470. The van der Waals surface area contributed by atoms with Crippen LogP contribution in [0.4, 0.5) is 5.82 Å². The van der Waals surface area contributed by atoms with Crippen molar-refractivity contribution in [2.45, 2.75) is 13.5 Å². The molecule has 0 fully saturated rings. The Morgan fingerprint density at radius 1 is 1.44 bits per heavy atom. The highest BCUT2D eigenvalue weighted by molar-refractivity contribution is 5.89. The molecule has 0 saturated heterocycles. The Bertz CT molecular complexity index is 437. The van der Waals surface area contributed by atoms with Crippen LogP contribution >= 0.6 is 0 Å². The number of hydrogen-bond acceptors (Lipinski definition) is 5. The molecule has 0 aliphatic heterocycles. The molecule has 7 heteroatoms. The van der Waals surface area contributed by atoms with Crippen molar-refractivity contribution in [3.8, 4) is 0 Å². The maximum Gasteiger partial charge on any atom is 0.348 e. The summed E-state index contributed by atoms with van der Waals surface area (Å²) in [4.78, 5) is 22.5. The number of nitrogen functional groups attached to an aromatic ring is 1. The highest BCUT2D eigenvalue weighted by Gasteiger charge is 2.14. The molecule has 0 radical (unpaired) electrons. The highest BCUT2D eigenvalue weighted by atomic mass is 79.9. The maximum atomic E-state index is 11.2. The van der Waals surface area contributed by atoms with Gasteiger partial charge >= 0.3 is 11.9 Å². The monoisotopic (exact) mass is 318 g/mol. The van der Waals surface area contributed by atoms with Gasteiger partial charge in [-0.15, -0.1) is 0 Å². The van der Waals surface area contributed by atoms with Gasteiger partial charge in [0, 0.05) is 6.07 Å². The molecule has 0 bridgehead atoms. The van der Waals surface area contributed by atoms with Crippen LogP contribution in [0.15, 0.2) is 18.3 Å².